The molecule has 4 nitrogen and oxygen atoms in total. The molecule has 18 heavy (non-hydrogen) atoms. The zero-order chi connectivity index (χ0) is 14.0. The molecule has 0 saturated heterocycles. The first-order chi connectivity index (χ1) is 8.37. The van der Waals surface area contributed by atoms with E-state index in [0.717, 1.165) is 18.7 Å². The largest absolute Gasteiger partial charge is 0.315 e. The van der Waals surface area contributed by atoms with E-state index < -0.39 is 10.0 Å². The molecule has 0 rings (SSSR count). The van der Waals surface area contributed by atoms with Crippen LogP contribution >= 0.6 is 11.8 Å². The van der Waals surface area contributed by atoms with Gasteiger partial charge in [-0.1, -0.05) is 20.8 Å². The number of nitrogens with one attached hydrogen (secondary N) is 2. The summed E-state index contributed by atoms with van der Waals surface area (Å²) in [6.07, 6.45) is 3.65. The molecule has 6 heteroatoms. The zero-order valence-corrected chi connectivity index (χ0v) is 13.7. The normalized spacial score (nSPS) is 14.1. The zero-order valence-electron chi connectivity index (χ0n) is 12.0. The van der Waals surface area contributed by atoms with Gasteiger partial charge in [-0.2, -0.15) is 11.8 Å². The average molecular weight is 297 g/mol. The van der Waals surface area contributed by atoms with Crippen LogP contribution in [0.2, 0.25) is 0 Å². The van der Waals surface area contributed by atoms with Gasteiger partial charge in [-0.25, -0.2) is 13.1 Å². The van der Waals surface area contributed by atoms with E-state index in [9.17, 15) is 8.42 Å². The Labute approximate surface area is 117 Å². The van der Waals surface area contributed by atoms with Gasteiger partial charge in [0.05, 0.1) is 5.75 Å². The molecule has 0 spiro atoms. The molecule has 1 atom stereocenters. The van der Waals surface area contributed by atoms with Gasteiger partial charge >= 0.3 is 0 Å². The first-order valence-corrected chi connectivity index (χ1v) is 9.61. The third-order valence-corrected chi connectivity index (χ3v) is 4.83. The molecule has 0 aliphatic heterocycles. The third-order valence-electron chi connectivity index (χ3n) is 2.50. The van der Waals surface area contributed by atoms with Crippen LogP contribution in [0.4, 0.5) is 0 Å². The number of unbranched alkanes of at least 4 members (excludes halogenated alkanes) is 1. The number of hydrogen-bond donors (Lipinski definition) is 2. The second-order valence-electron chi connectivity index (χ2n) is 5.04. The van der Waals surface area contributed by atoms with Crippen molar-refractivity contribution in [1.82, 2.24) is 10.0 Å². The van der Waals surface area contributed by atoms with Crippen LogP contribution in [-0.4, -0.2) is 45.3 Å². The maximum absolute atomic E-state index is 11.7. The van der Waals surface area contributed by atoms with Crippen LogP contribution in [0.15, 0.2) is 0 Å². The second-order valence-corrected chi connectivity index (χ2v) is 7.88. The summed E-state index contributed by atoms with van der Waals surface area (Å²) in [6.45, 7) is 7.67. The molecule has 2 N–H and O–H groups in total. The predicted molar refractivity (Wildman–Crippen MR) is 81.7 cm³/mol. The van der Waals surface area contributed by atoms with Crippen molar-refractivity contribution in [2.45, 2.75) is 39.7 Å². The standard InChI is InChI=1S/C12H28N2O2S2/c1-11(2)13-7-5-6-8-18(15,16)14-9-12(3)10-17-4/h11-14H,5-10H2,1-4H3. The lowest BCUT2D eigenvalue weighted by atomic mass is 10.2. The summed E-state index contributed by atoms with van der Waals surface area (Å²) in [5.74, 6) is 1.61. The molecule has 0 amide bonds. The highest BCUT2D eigenvalue weighted by Gasteiger charge is 2.11. The van der Waals surface area contributed by atoms with Gasteiger partial charge in [0.15, 0.2) is 0 Å². The highest BCUT2D eigenvalue weighted by atomic mass is 32.2. The molecular weight excluding hydrogens is 268 g/mol. The smallest absolute Gasteiger partial charge is 0.211 e. The lowest BCUT2D eigenvalue weighted by molar-refractivity contribution is 0.547. The molecular formula is C12H28N2O2S2. The summed E-state index contributed by atoms with van der Waals surface area (Å²) in [5, 5.41) is 3.28. The van der Waals surface area contributed by atoms with E-state index in [-0.39, 0.29) is 5.75 Å². The summed E-state index contributed by atoms with van der Waals surface area (Å²) in [6, 6.07) is 0.465. The lowest BCUT2D eigenvalue weighted by Gasteiger charge is -2.12. The Morgan fingerprint density at radius 1 is 1.17 bits per heavy atom. The first kappa shape index (κ1) is 18.2. The van der Waals surface area contributed by atoms with Crippen molar-refractivity contribution in [3.05, 3.63) is 0 Å². The molecule has 0 fully saturated rings. The summed E-state index contributed by atoms with van der Waals surface area (Å²) >= 11 is 1.74. The van der Waals surface area contributed by atoms with Crippen LogP contribution in [0, 0.1) is 5.92 Å². The second kappa shape index (κ2) is 10.1. The Morgan fingerprint density at radius 2 is 1.83 bits per heavy atom. The van der Waals surface area contributed by atoms with Crippen molar-refractivity contribution >= 4 is 21.8 Å². The van der Waals surface area contributed by atoms with Gasteiger partial charge in [-0.05, 0) is 37.3 Å². The van der Waals surface area contributed by atoms with Crippen molar-refractivity contribution in [3.63, 3.8) is 0 Å². The van der Waals surface area contributed by atoms with Gasteiger partial charge in [0.25, 0.3) is 0 Å². The van der Waals surface area contributed by atoms with E-state index in [4.69, 9.17) is 0 Å². The quantitative estimate of drug-likeness (QED) is 0.570. The number of hydrogen-bond acceptors (Lipinski definition) is 4. The Balaban J connectivity index is 3.67. The molecule has 1 unspecified atom stereocenters. The maximum Gasteiger partial charge on any atom is 0.211 e. The summed E-state index contributed by atoms with van der Waals surface area (Å²) in [5.41, 5.74) is 0. The van der Waals surface area contributed by atoms with E-state index >= 15 is 0 Å². The molecule has 0 aromatic carbocycles. The molecule has 0 heterocycles. The Morgan fingerprint density at radius 3 is 2.39 bits per heavy atom. The SMILES string of the molecule is CSCC(C)CNS(=O)(=O)CCCCNC(C)C. The highest BCUT2D eigenvalue weighted by molar-refractivity contribution is 7.98. The number of rotatable bonds is 11. The van der Waals surface area contributed by atoms with Gasteiger partial charge in [0.1, 0.15) is 0 Å². The van der Waals surface area contributed by atoms with Crippen LogP contribution in [-0.2, 0) is 10.0 Å². The fourth-order valence-corrected chi connectivity index (χ4v) is 3.45. The Hall–Kier alpha value is 0.220. The van der Waals surface area contributed by atoms with Gasteiger partial charge in [0, 0.05) is 12.6 Å². The van der Waals surface area contributed by atoms with E-state index in [1.807, 2.05) is 6.26 Å². The van der Waals surface area contributed by atoms with Gasteiger partial charge in [-0.15, -0.1) is 0 Å². The summed E-state index contributed by atoms with van der Waals surface area (Å²) in [7, 11) is -3.08. The molecule has 0 aromatic rings. The summed E-state index contributed by atoms with van der Waals surface area (Å²) in [4.78, 5) is 0. The fraction of sp³-hybridized carbons (Fsp3) is 1.00. The third kappa shape index (κ3) is 11.3. The van der Waals surface area contributed by atoms with E-state index in [2.05, 4.69) is 30.8 Å². The highest BCUT2D eigenvalue weighted by Crippen LogP contribution is 2.03. The molecule has 0 saturated carbocycles. The number of thioether (sulfide) groups is 1. The minimum absolute atomic E-state index is 0.235. The van der Waals surface area contributed by atoms with Crippen molar-refractivity contribution in [1.29, 1.82) is 0 Å². The maximum atomic E-state index is 11.7. The van der Waals surface area contributed by atoms with Crippen molar-refractivity contribution in [2.24, 2.45) is 5.92 Å². The average Bonchev–Trinajstić information content (AvgIpc) is 2.26. The van der Waals surface area contributed by atoms with E-state index in [1.165, 1.54) is 0 Å². The topological polar surface area (TPSA) is 58.2 Å². The van der Waals surface area contributed by atoms with Gasteiger partial charge in [0.2, 0.25) is 10.0 Å². The van der Waals surface area contributed by atoms with Crippen molar-refractivity contribution in [2.75, 3.05) is 30.9 Å². The van der Waals surface area contributed by atoms with Crippen LogP contribution < -0.4 is 10.0 Å². The Kier molecular flexibility index (Phi) is 10.2. The van der Waals surface area contributed by atoms with Crippen LogP contribution in [0.25, 0.3) is 0 Å². The molecule has 0 aliphatic carbocycles. The number of sulfonamides is 1. The minimum atomic E-state index is -3.08. The van der Waals surface area contributed by atoms with Crippen LogP contribution in [0.1, 0.15) is 33.6 Å². The molecule has 110 valence electrons. The van der Waals surface area contributed by atoms with Crippen molar-refractivity contribution < 1.29 is 8.42 Å². The molecule has 0 radical (unpaired) electrons. The first-order valence-electron chi connectivity index (χ1n) is 6.57. The van der Waals surface area contributed by atoms with Crippen LogP contribution in [0.5, 0.6) is 0 Å². The predicted octanol–water partition coefficient (Wildman–Crippen LogP) is 1.68. The monoisotopic (exact) mass is 296 g/mol. The van der Waals surface area contributed by atoms with Crippen LogP contribution in [0.3, 0.4) is 0 Å². The molecule has 0 aromatic heterocycles. The van der Waals surface area contributed by atoms with Crippen molar-refractivity contribution in [3.8, 4) is 0 Å². The van der Waals surface area contributed by atoms with E-state index in [1.54, 1.807) is 11.8 Å². The minimum Gasteiger partial charge on any atom is -0.315 e. The lowest BCUT2D eigenvalue weighted by Crippen LogP contribution is -2.31. The molecule has 0 bridgehead atoms. The Bertz CT molecular complexity index is 292. The van der Waals surface area contributed by atoms with E-state index in [0.29, 0.717) is 24.9 Å². The molecule has 0 aliphatic rings. The summed E-state index contributed by atoms with van der Waals surface area (Å²) < 4.78 is 26.1. The van der Waals surface area contributed by atoms with Gasteiger partial charge < -0.3 is 5.32 Å². The van der Waals surface area contributed by atoms with Gasteiger partial charge in [-0.3, -0.25) is 0 Å². The fourth-order valence-electron chi connectivity index (χ4n) is 1.49.